The van der Waals surface area contributed by atoms with E-state index in [2.05, 4.69) is 9.72 Å². The predicted octanol–water partition coefficient (Wildman–Crippen LogP) is 2.45. The number of aliphatic carboxylic acids is 1. The lowest BCUT2D eigenvalue weighted by Crippen LogP contribution is -2.20. The highest BCUT2D eigenvalue weighted by Gasteiger charge is 2.37. The van der Waals surface area contributed by atoms with Crippen molar-refractivity contribution >= 4 is 11.7 Å². The maximum Gasteiger partial charge on any atom is 0.573 e. The number of nitrogens with zero attached hydrogens (tertiary/aromatic N) is 2. The fourth-order valence-corrected chi connectivity index (χ4v) is 1.33. The first kappa shape index (κ1) is 16.5. The van der Waals surface area contributed by atoms with E-state index in [1.165, 1.54) is 0 Å². The van der Waals surface area contributed by atoms with E-state index in [0.717, 1.165) is 0 Å². The standard InChI is InChI=1S/C9H5F5N2O5/c10-8(11)4-1-5(16(19)20)7(21-9(12,13)14)3(15-4)2-6(17)18/h1,8H,2H2,(H,17,18). The number of alkyl halides is 5. The zero-order valence-corrected chi connectivity index (χ0v) is 9.73. The van der Waals surface area contributed by atoms with E-state index in [1.54, 1.807) is 0 Å². The van der Waals surface area contributed by atoms with Gasteiger partial charge in [0.25, 0.3) is 6.43 Å². The number of carboxylic acid groups (broad SMARTS) is 1. The van der Waals surface area contributed by atoms with Gasteiger partial charge in [-0.15, -0.1) is 13.2 Å². The minimum atomic E-state index is -5.38. The van der Waals surface area contributed by atoms with Crippen LogP contribution in [0.15, 0.2) is 6.07 Å². The average molecular weight is 316 g/mol. The number of aromatic nitrogens is 1. The summed E-state index contributed by atoms with van der Waals surface area (Å²) in [6.45, 7) is 0. The number of hydrogen-bond acceptors (Lipinski definition) is 5. The van der Waals surface area contributed by atoms with Crippen LogP contribution in [0, 0.1) is 10.1 Å². The molecule has 1 N–H and O–H groups in total. The summed E-state index contributed by atoms with van der Waals surface area (Å²) in [5, 5.41) is 19.2. The molecule has 0 radical (unpaired) electrons. The second-order valence-electron chi connectivity index (χ2n) is 3.52. The van der Waals surface area contributed by atoms with E-state index in [-0.39, 0.29) is 6.07 Å². The maximum atomic E-state index is 12.5. The Bertz CT molecular complexity index is 574. The monoisotopic (exact) mass is 316 g/mol. The van der Waals surface area contributed by atoms with Gasteiger partial charge in [0.05, 0.1) is 11.3 Å². The molecule has 0 aromatic carbocycles. The van der Waals surface area contributed by atoms with Crippen molar-refractivity contribution < 1.29 is 41.5 Å². The molecular weight excluding hydrogens is 311 g/mol. The SMILES string of the molecule is O=C(O)Cc1nc(C(F)F)cc([N+](=O)[O-])c1OC(F)(F)F. The smallest absolute Gasteiger partial charge is 0.481 e. The second-order valence-corrected chi connectivity index (χ2v) is 3.52. The van der Waals surface area contributed by atoms with Gasteiger partial charge >= 0.3 is 18.0 Å². The molecule has 1 heterocycles. The van der Waals surface area contributed by atoms with Gasteiger partial charge in [-0.05, 0) is 0 Å². The molecular formula is C9H5F5N2O5. The Balaban J connectivity index is 3.53. The minimum Gasteiger partial charge on any atom is -0.481 e. The predicted molar refractivity (Wildman–Crippen MR) is 53.9 cm³/mol. The summed E-state index contributed by atoms with van der Waals surface area (Å²) in [6, 6.07) is 0.0943. The van der Waals surface area contributed by atoms with Crippen LogP contribution in [0.2, 0.25) is 0 Å². The normalized spacial score (nSPS) is 11.5. The molecule has 0 saturated heterocycles. The van der Waals surface area contributed by atoms with E-state index in [0.29, 0.717) is 0 Å². The van der Waals surface area contributed by atoms with E-state index < -0.39 is 52.9 Å². The molecule has 0 fully saturated rings. The highest BCUT2D eigenvalue weighted by Crippen LogP contribution is 2.37. The molecule has 0 aliphatic carbocycles. The first-order valence-corrected chi connectivity index (χ1v) is 4.95. The van der Waals surface area contributed by atoms with Crippen LogP contribution in [-0.4, -0.2) is 27.3 Å². The molecule has 1 aromatic heterocycles. The number of carbonyl (C=O) groups is 1. The quantitative estimate of drug-likeness (QED) is 0.508. The van der Waals surface area contributed by atoms with Crippen molar-refractivity contribution in [1.29, 1.82) is 0 Å². The van der Waals surface area contributed by atoms with Gasteiger partial charge in [0.15, 0.2) is 0 Å². The zero-order chi connectivity index (χ0) is 16.4. The topological polar surface area (TPSA) is 103 Å². The van der Waals surface area contributed by atoms with Gasteiger partial charge in [0.2, 0.25) is 5.75 Å². The molecule has 1 aromatic rings. The lowest BCUT2D eigenvalue weighted by Gasteiger charge is -2.13. The second kappa shape index (κ2) is 5.85. The third-order valence-electron chi connectivity index (χ3n) is 2.00. The van der Waals surface area contributed by atoms with Crippen molar-refractivity contribution in [2.75, 3.05) is 0 Å². The van der Waals surface area contributed by atoms with Crippen molar-refractivity contribution in [3.05, 3.63) is 27.6 Å². The summed E-state index contributed by atoms with van der Waals surface area (Å²) >= 11 is 0. The van der Waals surface area contributed by atoms with E-state index in [1.807, 2.05) is 0 Å². The third-order valence-corrected chi connectivity index (χ3v) is 2.00. The summed E-state index contributed by atoms with van der Waals surface area (Å²) in [6.07, 6.45) is -9.98. The van der Waals surface area contributed by atoms with Crippen molar-refractivity contribution in [3.8, 4) is 5.75 Å². The van der Waals surface area contributed by atoms with Crippen molar-refractivity contribution in [3.63, 3.8) is 0 Å². The molecule has 12 heteroatoms. The molecule has 0 spiro atoms. The Hall–Kier alpha value is -2.53. The summed E-state index contributed by atoms with van der Waals surface area (Å²) in [7, 11) is 0. The van der Waals surface area contributed by atoms with Gasteiger partial charge in [-0.25, -0.2) is 13.8 Å². The Morgan fingerprint density at radius 2 is 2.05 bits per heavy atom. The fourth-order valence-electron chi connectivity index (χ4n) is 1.33. The number of halogens is 5. The summed E-state index contributed by atoms with van der Waals surface area (Å²) in [4.78, 5) is 22.7. The zero-order valence-electron chi connectivity index (χ0n) is 9.73. The van der Waals surface area contributed by atoms with Gasteiger partial charge in [-0.1, -0.05) is 0 Å². The number of carboxylic acids is 1. The van der Waals surface area contributed by atoms with Crippen LogP contribution in [0.1, 0.15) is 17.8 Å². The van der Waals surface area contributed by atoms with Crippen molar-refractivity contribution in [2.24, 2.45) is 0 Å². The average Bonchev–Trinajstić information content (AvgIpc) is 2.27. The van der Waals surface area contributed by atoms with Crippen LogP contribution >= 0.6 is 0 Å². The molecule has 21 heavy (non-hydrogen) atoms. The summed E-state index contributed by atoms with van der Waals surface area (Å²) < 4.78 is 64.9. The molecule has 0 unspecified atom stereocenters. The number of hydrogen-bond donors (Lipinski definition) is 1. The van der Waals surface area contributed by atoms with Crippen LogP contribution in [0.25, 0.3) is 0 Å². The lowest BCUT2D eigenvalue weighted by molar-refractivity contribution is -0.389. The fraction of sp³-hybridized carbons (Fsp3) is 0.333. The first-order valence-electron chi connectivity index (χ1n) is 4.95. The molecule has 0 amide bonds. The highest BCUT2D eigenvalue weighted by atomic mass is 19.4. The third kappa shape index (κ3) is 4.50. The van der Waals surface area contributed by atoms with E-state index in [9.17, 15) is 36.9 Å². The molecule has 7 nitrogen and oxygen atoms in total. The number of nitro groups is 1. The maximum absolute atomic E-state index is 12.5. The summed E-state index contributed by atoms with van der Waals surface area (Å²) in [5.74, 6) is -3.26. The van der Waals surface area contributed by atoms with Gasteiger partial charge in [-0.3, -0.25) is 14.9 Å². The van der Waals surface area contributed by atoms with Crippen LogP contribution < -0.4 is 4.74 Å². The Labute approximate surface area is 112 Å². The van der Waals surface area contributed by atoms with Gasteiger partial charge in [0.1, 0.15) is 11.4 Å². The van der Waals surface area contributed by atoms with E-state index in [4.69, 9.17) is 5.11 Å². The summed E-state index contributed by atoms with van der Waals surface area (Å²) in [5.41, 5.74) is -3.80. The highest BCUT2D eigenvalue weighted by molar-refractivity contribution is 5.71. The van der Waals surface area contributed by atoms with Crippen LogP contribution in [0.3, 0.4) is 0 Å². The number of ether oxygens (including phenoxy) is 1. The molecule has 0 saturated carbocycles. The molecule has 116 valence electrons. The molecule has 0 bridgehead atoms. The van der Waals surface area contributed by atoms with Crippen molar-refractivity contribution in [2.45, 2.75) is 19.2 Å². The van der Waals surface area contributed by atoms with Crippen LogP contribution in [0.5, 0.6) is 5.75 Å². The molecule has 0 aliphatic rings. The Morgan fingerprint density at radius 3 is 2.43 bits per heavy atom. The molecule has 0 aliphatic heterocycles. The van der Waals surface area contributed by atoms with Crippen molar-refractivity contribution in [1.82, 2.24) is 4.98 Å². The van der Waals surface area contributed by atoms with Gasteiger partial charge < -0.3 is 9.84 Å². The first-order chi connectivity index (χ1) is 9.51. The number of rotatable bonds is 5. The largest absolute Gasteiger partial charge is 0.573 e. The molecule has 0 atom stereocenters. The Kier molecular flexibility index (Phi) is 4.60. The van der Waals surface area contributed by atoms with Gasteiger partial charge in [0, 0.05) is 6.07 Å². The van der Waals surface area contributed by atoms with Gasteiger partial charge in [-0.2, -0.15) is 0 Å². The number of pyridine rings is 1. The van der Waals surface area contributed by atoms with E-state index >= 15 is 0 Å². The van der Waals surface area contributed by atoms with Crippen LogP contribution in [0.4, 0.5) is 27.6 Å². The van der Waals surface area contributed by atoms with Crippen LogP contribution in [-0.2, 0) is 11.2 Å². The molecule has 1 rings (SSSR count). The lowest BCUT2D eigenvalue weighted by atomic mass is 10.2. The Morgan fingerprint density at radius 1 is 1.48 bits per heavy atom. The minimum absolute atomic E-state index is 0.0943.